The minimum atomic E-state index is -0.189. The maximum absolute atomic E-state index is 12.4. The molecule has 0 fully saturated rings. The highest BCUT2D eigenvalue weighted by atomic mass is 16.2. The molecule has 0 unspecified atom stereocenters. The van der Waals surface area contributed by atoms with Crippen LogP contribution in [0.4, 0.5) is 5.69 Å². The third-order valence-electron chi connectivity index (χ3n) is 4.76. The predicted molar refractivity (Wildman–Crippen MR) is 112 cm³/mol. The number of aryl methyl sites for hydroxylation is 3. The van der Waals surface area contributed by atoms with Crippen LogP contribution in [0.3, 0.4) is 0 Å². The summed E-state index contributed by atoms with van der Waals surface area (Å²) >= 11 is 0. The maximum atomic E-state index is 12.4. The van der Waals surface area contributed by atoms with E-state index in [1.165, 1.54) is 11.1 Å². The normalized spacial score (nSPS) is 10.9. The van der Waals surface area contributed by atoms with Crippen molar-refractivity contribution >= 4 is 23.6 Å². The molecule has 0 saturated carbocycles. The molecule has 4 nitrogen and oxygen atoms in total. The fraction of sp³-hybridized carbons (Fsp3) is 0.304. The topological polar surface area (TPSA) is 49.4 Å². The van der Waals surface area contributed by atoms with Gasteiger partial charge in [-0.2, -0.15) is 0 Å². The van der Waals surface area contributed by atoms with Gasteiger partial charge in [-0.1, -0.05) is 30.3 Å². The van der Waals surface area contributed by atoms with E-state index in [1.54, 1.807) is 17.9 Å². The van der Waals surface area contributed by atoms with E-state index in [0.29, 0.717) is 13.1 Å². The minimum Gasteiger partial charge on any atom is -0.339 e. The molecular formula is C23H28N2O2. The first-order valence-electron chi connectivity index (χ1n) is 9.22. The van der Waals surface area contributed by atoms with Crippen molar-refractivity contribution in [3.63, 3.8) is 0 Å². The molecule has 0 atom stereocenters. The number of carbonyl (C=O) groups excluding carboxylic acids is 2. The number of carbonyl (C=O) groups is 2. The van der Waals surface area contributed by atoms with Crippen LogP contribution in [0.5, 0.6) is 0 Å². The molecule has 0 heterocycles. The summed E-state index contributed by atoms with van der Waals surface area (Å²) in [6.07, 6.45) is 3.39. The van der Waals surface area contributed by atoms with Gasteiger partial charge in [0.1, 0.15) is 0 Å². The van der Waals surface area contributed by atoms with Crippen molar-refractivity contribution in [2.75, 3.05) is 11.9 Å². The van der Waals surface area contributed by atoms with Crippen LogP contribution >= 0.6 is 0 Å². The number of amides is 2. The lowest BCUT2D eigenvalue weighted by atomic mass is 10.0. The van der Waals surface area contributed by atoms with Gasteiger partial charge in [-0.05, 0) is 67.7 Å². The van der Waals surface area contributed by atoms with Gasteiger partial charge in [0.25, 0.3) is 0 Å². The Balaban J connectivity index is 2.14. The average Bonchev–Trinajstić information content (AvgIpc) is 2.62. The molecule has 0 spiro atoms. The number of nitrogens with one attached hydrogen (secondary N) is 1. The summed E-state index contributed by atoms with van der Waals surface area (Å²) in [5.41, 5.74) is 6.27. The summed E-state index contributed by atoms with van der Waals surface area (Å²) in [6.45, 7) is 10.8. The number of para-hydroxylation sites is 1. The van der Waals surface area contributed by atoms with Crippen molar-refractivity contribution in [3.8, 4) is 0 Å². The van der Waals surface area contributed by atoms with Crippen LogP contribution in [0.2, 0.25) is 0 Å². The van der Waals surface area contributed by atoms with Gasteiger partial charge in [0.15, 0.2) is 0 Å². The molecule has 0 radical (unpaired) electrons. The summed E-state index contributed by atoms with van der Waals surface area (Å²) in [5, 5.41) is 2.93. The zero-order chi connectivity index (χ0) is 20.0. The van der Waals surface area contributed by atoms with Crippen LogP contribution in [0.15, 0.2) is 42.5 Å². The van der Waals surface area contributed by atoms with Crippen LogP contribution in [0.25, 0.3) is 6.08 Å². The van der Waals surface area contributed by atoms with Gasteiger partial charge in [-0.3, -0.25) is 9.59 Å². The second-order valence-corrected chi connectivity index (χ2v) is 6.81. The molecule has 0 saturated heterocycles. The van der Waals surface area contributed by atoms with Crippen LogP contribution < -0.4 is 5.32 Å². The van der Waals surface area contributed by atoms with Crippen molar-refractivity contribution in [2.24, 2.45) is 0 Å². The van der Waals surface area contributed by atoms with E-state index in [9.17, 15) is 9.59 Å². The Kier molecular flexibility index (Phi) is 6.94. The molecule has 0 aliphatic heterocycles. The van der Waals surface area contributed by atoms with E-state index in [0.717, 1.165) is 22.4 Å². The molecule has 1 N–H and O–H groups in total. The van der Waals surface area contributed by atoms with Gasteiger partial charge in [-0.15, -0.1) is 0 Å². The standard InChI is InChI=1S/C23H28N2O2/c1-6-25(19(5)26)15-21-9-7-8-10-22(21)24-23(27)12-11-20-14-17(3)16(2)13-18(20)4/h7-14H,6,15H2,1-5H3,(H,24,27)/b12-11+. The van der Waals surface area contributed by atoms with Gasteiger partial charge in [0, 0.05) is 31.8 Å². The van der Waals surface area contributed by atoms with Crippen molar-refractivity contribution in [1.29, 1.82) is 0 Å². The lowest BCUT2D eigenvalue weighted by Crippen LogP contribution is -2.28. The summed E-state index contributed by atoms with van der Waals surface area (Å²) in [7, 11) is 0. The molecule has 0 aliphatic carbocycles. The largest absolute Gasteiger partial charge is 0.339 e. The Morgan fingerprint density at radius 2 is 1.70 bits per heavy atom. The van der Waals surface area contributed by atoms with Crippen molar-refractivity contribution in [1.82, 2.24) is 4.90 Å². The highest BCUT2D eigenvalue weighted by molar-refractivity contribution is 6.02. The third-order valence-corrected chi connectivity index (χ3v) is 4.76. The molecule has 2 rings (SSSR count). The monoisotopic (exact) mass is 364 g/mol. The Hall–Kier alpha value is -2.88. The quantitative estimate of drug-likeness (QED) is 0.760. The van der Waals surface area contributed by atoms with Crippen molar-refractivity contribution < 1.29 is 9.59 Å². The highest BCUT2D eigenvalue weighted by Crippen LogP contribution is 2.19. The van der Waals surface area contributed by atoms with E-state index in [1.807, 2.05) is 44.2 Å². The second kappa shape index (κ2) is 9.17. The van der Waals surface area contributed by atoms with Crippen LogP contribution in [0.1, 0.15) is 41.7 Å². The first kappa shape index (κ1) is 20.4. The highest BCUT2D eigenvalue weighted by Gasteiger charge is 2.11. The van der Waals surface area contributed by atoms with E-state index in [-0.39, 0.29) is 11.8 Å². The van der Waals surface area contributed by atoms with Gasteiger partial charge in [-0.25, -0.2) is 0 Å². The van der Waals surface area contributed by atoms with E-state index in [4.69, 9.17) is 0 Å². The summed E-state index contributed by atoms with van der Waals surface area (Å²) in [4.78, 5) is 25.8. The van der Waals surface area contributed by atoms with E-state index in [2.05, 4.69) is 31.3 Å². The summed E-state index contributed by atoms with van der Waals surface area (Å²) in [6, 6.07) is 11.8. The fourth-order valence-corrected chi connectivity index (χ4v) is 2.93. The smallest absolute Gasteiger partial charge is 0.248 e. The first-order chi connectivity index (χ1) is 12.8. The second-order valence-electron chi connectivity index (χ2n) is 6.81. The Morgan fingerprint density at radius 3 is 2.37 bits per heavy atom. The van der Waals surface area contributed by atoms with Crippen LogP contribution in [-0.2, 0) is 16.1 Å². The lowest BCUT2D eigenvalue weighted by Gasteiger charge is -2.20. The SMILES string of the molecule is CCN(Cc1ccccc1NC(=O)/C=C/c1cc(C)c(C)cc1C)C(C)=O. The molecule has 2 aromatic rings. The van der Waals surface area contributed by atoms with Crippen molar-refractivity contribution in [3.05, 3.63) is 70.3 Å². The number of hydrogen-bond acceptors (Lipinski definition) is 2. The molecule has 0 aliphatic rings. The van der Waals surface area contributed by atoms with Gasteiger partial charge in [0.05, 0.1) is 0 Å². The molecule has 0 bridgehead atoms. The zero-order valence-electron chi connectivity index (χ0n) is 16.8. The maximum Gasteiger partial charge on any atom is 0.248 e. The number of anilines is 1. The molecule has 27 heavy (non-hydrogen) atoms. The molecule has 2 aromatic carbocycles. The Bertz CT molecular complexity index is 869. The van der Waals surface area contributed by atoms with Gasteiger partial charge >= 0.3 is 0 Å². The van der Waals surface area contributed by atoms with Crippen LogP contribution in [-0.4, -0.2) is 23.3 Å². The zero-order valence-corrected chi connectivity index (χ0v) is 16.8. The molecule has 0 aromatic heterocycles. The van der Waals surface area contributed by atoms with E-state index < -0.39 is 0 Å². The third kappa shape index (κ3) is 5.55. The average molecular weight is 364 g/mol. The number of hydrogen-bond donors (Lipinski definition) is 1. The molecule has 142 valence electrons. The number of benzene rings is 2. The van der Waals surface area contributed by atoms with Gasteiger partial charge < -0.3 is 10.2 Å². The number of rotatable bonds is 6. The molecule has 2 amide bonds. The van der Waals surface area contributed by atoms with Gasteiger partial charge in [0.2, 0.25) is 11.8 Å². The summed E-state index contributed by atoms with van der Waals surface area (Å²) < 4.78 is 0. The molecule has 4 heteroatoms. The lowest BCUT2D eigenvalue weighted by molar-refractivity contribution is -0.129. The molecular weight excluding hydrogens is 336 g/mol. The Morgan fingerprint density at radius 1 is 1.04 bits per heavy atom. The summed E-state index contributed by atoms with van der Waals surface area (Å²) in [5.74, 6) is -0.172. The first-order valence-corrected chi connectivity index (χ1v) is 9.22. The predicted octanol–water partition coefficient (Wildman–Crippen LogP) is 4.63. The minimum absolute atomic E-state index is 0.0174. The van der Waals surface area contributed by atoms with Crippen molar-refractivity contribution in [2.45, 2.75) is 41.2 Å². The van der Waals surface area contributed by atoms with Crippen LogP contribution in [0, 0.1) is 20.8 Å². The van der Waals surface area contributed by atoms with E-state index >= 15 is 0 Å². The number of nitrogens with zero attached hydrogens (tertiary/aromatic N) is 1. The fourth-order valence-electron chi connectivity index (χ4n) is 2.93. The Labute approximate surface area is 161 Å².